The second-order valence-electron chi connectivity index (χ2n) is 7.29. The van der Waals surface area contributed by atoms with E-state index in [1.807, 2.05) is 18.2 Å². The highest BCUT2D eigenvalue weighted by molar-refractivity contribution is 7.89. The van der Waals surface area contributed by atoms with Crippen molar-refractivity contribution in [1.82, 2.24) is 9.21 Å². The Balaban J connectivity index is 1.71. The van der Waals surface area contributed by atoms with Crippen molar-refractivity contribution in [2.24, 2.45) is 0 Å². The van der Waals surface area contributed by atoms with Gasteiger partial charge in [0.2, 0.25) is 10.0 Å². The molecule has 1 aliphatic heterocycles. The highest BCUT2D eigenvalue weighted by Crippen LogP contribution is 2.30. The standard InChI is InChI=1S/C21H27ClN2O3S/c1-16-14-23(28(25,26)19-9-10-21(27-3)20(22)13-19)15-17(2)24(16)12-11-18-7-5-4-6-8-18/h4-10,13,16-17H,11-12,14-15H2,1-3H3. The third-order valence-electron chi connectivity index (χ3n) is 5.33. The average Bonchev–Trinajstić information content (AvgIpc) is 2.68. The van der Waals surface area contributed by atoms with Gasteiger partial charge in [-0.05, 0) is 44.0 Å². The van der Waals surface area contributed by atoms with E-state index in [0.29, 0.717) is 23.9 Å². The number of hydrogen-bond donors (Lipinski definition) is 0. The average molecular weight is 423 g/mol. The summed E-state index contributed by atoms with van der Waals surface area (Å²) in [4.78, 5) is 2.59. The fourth-order valence-electron chi connectivity index (χ4n) is 3.80. The van der Waals surface area contributed by atoms with Gasteiger partial charge in [0.15, 0.2) is 0 Å². The molecule has 0 radical (unpaired) electrons. The molecule has 1 fully saturated rings. The van der Waals surface area contributed by atoms with Crippen molar-refractivity contribution in [1.29, 1.82) is 0 Å². The first kappa shape index (κ1) is 21.1. The van der Waals surface area contributed by atoms with Crippen molar-refractivity contribution in [3.63, 3.8) is 0 Å². The summed E-state index contributed by atoms with van der Waals surface area (Å²) in [6, 6.07) is 15.3. The van der Waals surface area contributed by atoms with Crippen molar-refractivity contribution in [2.75, 3.05) is 26.7 Å². The van der Waals surface area contributed by atoms with Crippen LogP contribution in [0.15, 0.2) is 53.4 Å². The van der Waals surface area contributed by atoms with E-state index in [0.717, 1.165) is 13.0 Å². The van der Waals surface area contributed by atoms with Crippen LogP contribution in [-0.4, -0.2) is 56.5 Å². The molecule has 2 unspecified atom stereocenters. The van der Waals surface area contributed by atoms with Gasteiger partial charge in [0, 0.05) is 31.7 Å². The summed E-state index contributed by atoms with van der Waals surface area (Å²) in [5, 5.41) is 0.297. The minimum Gasteiger partial charge on any atom is -0.495 e. The van der Waals surface area contributed by atoms with Crippen molar-refractivity contribution in [3.8, 4) is 5.75 Å². The Labute approximate surface area is 172 Å². The van der Waals surface area contributed by atoms with Gasteiger partial charge < -0.3 is 4.74 Å². The van der Waals surface area contributed by atoms with Crippen molar-refractivity contribution in [3.05, 3.63) is 59.1 Å². The zero-order valence-electron chi connectivity index (χ0n) is 16.5. The van der Waals surface area contributed by atoms with E-state index in [4.69, 9.17) is 16.3 Å². The molecule has 152 valence electrons. The molecule has 1 saturated heterocycles. The lowest BCUT2D eigenvalue weighted by Crippen LogP contribution is -2.58. The summed E-state index contributed by atoms with van der Waals surface area (Å²) in [6.45, 7) is 6.01. The van der Waals surface area contributed by atoms with Gasteiger partial charge in [-0.25, -0.2) is 8.42 Å². The Morgan fingerprint density at radius 3 is 2.29 bits per heavy atom. The molecule has 0 amide bonds. The van der Waals surface area contributed by atoms with Crippen LogP contribution in [-0.2, 0) is 16.4 Å². The van der Waals surface area contributed by atoms with Gasteiger partial charge in [-0.2, -0.15) is 4.31 Å². The van der Waals surface area contributed by atoms with Crippen LogP contribution in [0, 0.1) is 0 Å². The van der Waals surface area contributed by atoms with Crippen LogP contribution in [0.5, 0.6) is 5.75 Å². The van der Waals surface area contributed by atoms with Gasteiger partial charge in [-0.3, -0.25) is 4.90 Å². The number of piperazine rings is 1. The predicted molar refractivity (Wildman–Crippen MR) is 113 cm³/mol. The van der Waals surface area contributed by atoms with E-state index in [1.54, 1.807) is 16.4 Å². The molecule has 1 aliphatic rings. The number of halogens is 1. The molecule has 28 heavy (non-hydrogen) atoms. The first-order valence-electron chi connectivity index (χ1n) is 9.46. The smallest absolute Gasteiger partial charge is 0.243 e. The first-order valence-corrected chi connectivity index (χ1v) is 11.3. The highest BCUT2D eigenvalue weighted by Gasteiger charge is 2.36. The van der Waals surface area contributed by atoms with Crippen LogP contribution < -0.4 is 4.74 Å². The van der Waals surface area contributed by atoms with Crippen molar-refractivity contribution in [2.45, 2.75) is 37.2 Å². The summed E-state index contributed by atoms with van der Waals surface area (Å²) in [7, 11) is -2.09. The quantitative estimate of drug-likeness (QED) is 0.712. The van der Waals surface area contributed by atoms with E-state index >= 15 is 0 Å². The third-order valence-corrected chi connectivity index (χ3v) is 7.45. The fourth-order valence-corrected chi connectivity index (χ4v) is 5.76. The van der Waals surface area contributed by atoms with Crippen LogP contribution in [0.1, 0.15) is 19.4 Å². The molecule has 2 atom stereocenters. The minimum atomic E-state index is -3.60. The molecule has 1 heterocycles. The predicted octanol–water partition coefficient (Wildman–Crippen LogP) is 3.67. The van der Waals surface area contributed by atoms with Gasteiger partial charge in [-0.15, -0.1) is 0 Å². The molecular weight excluding hydrogens is 396 g/mol. The number of hydrogen-bond acceptors (Lipinski definition) is 4. The summed E-state index contributed by atoms with van der Waals surface area (Å²) >= 11 is 6.14. The molecule has 0 N–H and O–H groups in total. The Morgan fingerprint density at radius 2 is 1.71 bits per heavy atom. The zero-order valence-corrected chi connectivity index (χ0v) is 18.1. The van der Waals surface area contributed by atoms with Gasteiger partial charge in [-0.1, -0.05) is 41.9 Å². The molecule has 0 spiro atoms. The Morgan fingerprint density at radius 1 is 1.07 bits per heavy atom. The third kappa shape index (κ3) is 4.51. The Kier molecular flexibility index (Phi) is 6.65. The van der Waals surface area contributed by atoms with E-state index in [-0.39, 0.29) is 17.0 Å². The van der Waals surface area contributed by atoms with Gasteiger partial charge in [0.1, 0.15) is 5.75 Å². The molecule has 7 heteroatoms. The van der Waals surface area contributed by atoms with Gasteiger partial charge >= 0.3 is 0 Å². The molecule has 2 aromatic rings. The van der Waals surface area contributed by atoms with Crippen LogP contribution in [0.4, 0.5) is 0 Å². The SMILES string of the molecule is COc1ccc(S(=O)(=O)N2CC(C)N(CCc3ccccc3)C(C)C2)cc1Cl. The summed E-state index contributed by atoms with van der Waals surface area (Å²) in [5.74, 6) is 0.466. The lowest BCUT2D eigenvalue weighted by Gasteiger charge is -2.43. The normalized spacial score (nSPS) is 21.6. The summed E-state index contributed by atoms with van der Waals surface area (Å²) in [6.07, 6.45) is 0.955. The van der Waals surface area contributed by atoms with Crippen LogP contribution >= 0.6 is 11.6 Å². The van der Waals surface area contributed by atoms with Crippen molar-refractivity contribution >= 4 is 21.6 Å². The number of ether oxygens (including phenoxy) is 1. The van der Waals surface area contributed by atoms with Crippen LogP contribution in [0.25, 0.3) is 0 Å². The van der Waals surface area contributed by atoms with E-state index < -0.39 is 10.0 Å². The number of nitrogens with zero attached hydrogens (tertiary/aromatic N) is 2. The number of benzene rings is 2. The topological polar surface area (TPSA) is 49.9 Å². The van der Waals surface area contributed by atoms with E-state index in [9.17, 15) is 8.42 Å². The Hall–Kier alpha value is -1.60. The molecular formula is C21H27ClN2O3S. The monoisotopic (exact) mass is 422 g/mol. The van der Waals surface area contributed by atoms with Crippen molar-refractivity contribution < 1.29 is 13.2 Å². The summed E-state index contributed by atoms with van der Waals surface area (Å²) in [5.41, 5.74) is 1.30. The maximum absolute atomic E-state index is 13.1. The van der Waals surface area contributed by atoms with E-state index in [2.05, 4.69) is 30.9 Å². The summed E-state index contributed by atoms with van der Waals surface area (Å²) < 4.78 is 32.9. The Bertz CT molecular complexity index is 893. The minimum absolute atomic E-state index is 0.135. The molecule has 2 aromatic carbocycles. The molecule has 0 saturated carbocycles. The number of methoxy groups -OCH3 is 1. The molecule has 0 aromatic heterocycles. The first-order chi connectivity index (χ1) is 13.3. The van der Waals surface area contributed by atoms with Crippen LogP contribution in [0.2, 0.25) is 5.02 Å². The van der Waals surface area contributed by atoms with Gasteiger partial charge in [0.25, 0.3) is 0 Å². The highest BCUT2D eigenvalue weighted by atomic mass is 35.5. The maximum Gasteiger partial charge on any atom is 0.243 e. The lowest BCUT2D eigenvalue weighted by molar-refractivity contribution is 0.0784. The number of sulfonamides is 1. The molecule has 3 rings (SSSR count). The zero-order chi connectivity index (χ0) is 20.3. The second kappa shape index (κ2) is 8.82. The second-order valence-corrected chi connectivity index (χ2v) is 9.63. The molecule has 0 bridgehead atoms. The fraction of sp³-hybridized carbons (Fsp3) is 0.429. The van der Waals surface area contributed by atoms with E-state index in [1.165, 1.54) is 18.7 Å². The largest absolute Gasteiger partial charge is 0.495 e. The lowest BCUT2D eigenvalue weighted by atomic mass is 10.1. The maximum atomic E-state index is 13.1. The number of rotatable bonds is 6. The van der Waals surface area contributed by atoms with Gasteiger partial charge in [0.05, 0.1) is 17.0 Å². The van der Waals surface area contributed by atoms with Crippen LogP contribution in [0.3, 0.4) is 0 Å². The molecule has 0 aliphatic carbocycles. The molecule has 5 nitrogen and oxygen atoms in total.